The summed E-state index contributed by atoms with van der Waals surface area (Å²) in [5.74, 6) is 0.932. The highest BCUT2D eigenvalue weighted by Gasteiger charge is 2.36. The average molecular weight is 296 g/mol. The summed E-state index contributed by atoms with van der Waals surface area (Å²) in [5, 5.41) is 13.3. The number of hydrogen-bond donors (Lipinski definition) is 1. The molecule has 19 heavy (non-hydrogen) atoms. The second-order valence-electron chi connectivity index (χ2n) is 4.89. The van der Waals surface area contributed by atoms with Crippen molar-refractivity contribution < 1.29 is 0 Å². The number of rotatable bonds is 5. The van der Waals surface area contributed by atoms with Crippen molar-refractivity contribution in [3.63, 3.8) is 0 Å². The maximum absolute atomic E-state index is 9.45. The molecule has 1 N–H and O–H groups in total. The lowest BCUT2D eigenvalue weighted by Gasteiger charge is -2.35. The van der Waals surface area contributed by atoms with Crippen LogP contribution in [0.25, 0.3) is 0 Å². The van der Waals surface area contributed by atoms with E-state index in [-0.39, 0.29) is 5.54 Å². The number of aryl methyl sites for hydroxylation is 1. The molecular weight excluding hydrogens is 276 g/mol. The summed E-state index contributed by atoms with van der Waals surface area (Å²) in [6, 6.07) is 2.49. The van der Waals surface area contributed by atoms with Crippen LogP contribution >= 0.6 is 23.3 Å². The van der Waals surface area contributed by atoms with E-state index in [4.69, 9.17) is 0 Å². The molecule has 2 rings (SSSR count). The van der Waals surface area contributed by atoms with Crippen molar-refractivity contribution in [2.75, 3.05) is 6.54 Å². The van der Waals surface area contributed by atoms with E-state index in [2.05, 4.69) is 34.6 Å². The molecule has 0 aromatic carbocycles. The topological polar surface area (TPSA) is 61.6 Å². The lowest BCUT2D eigenvalue weighted by atomic mass is 9.82. The summed E-state index contributed by atoms with van der Waals surface area (Å²) in [7, 11) is 0. The molecule has 0 bridgehead atoms. The van der Waals surface area contributed by atoms with E-state index in [1.165, 1.54) is 18.0 Å². The van der Waals surface area contributed by atoms with Crippen LogP contribution < -0.4 is 5.32 Å². The first-order valence-electron chi connectivity index (χ1n) is 6.87. The van der Waals surface area contributed by atoms with Gasteiger partial charge in [-0.1, -0.05) is 25.6 Å². The molecule has 1 aliphatic rings. The number of hydrogen-bond acceptors (Lipinski definition) is 6. The van der Waals surface area contributed by atoms with Crippen LogP contribution in [0.4, 0.5) is 0 Å². The van der Waals surface area contributed by atoms with Crippen molar-refractivity contribution in [1.82, 2.24) is 14.7 Å². The molecule has 104 valence electrons. The van der Waals surface area contributed by atoms with Gasteiger partial charge in [-0.15, -0.1) is 0 Å². The van der Waals surface area contributed by atoms with Crippen LogP contribution in [0.1, 0.15) is 45.4 Å². The fourth-order valence-electron chi connectivity index (χ4n) is 2.54. The SMILES string of the molecule is CCNC1(C#N)CCCC(Sc2nc(CC)ns2)C1. The molecule has 0 radical (unpaired) electrons. The zero-order chi connectivity index (χ0) is 13.7. The van der Waals surface area contributed by atoms with Crippen molar-refractivity contribution in [2.45, 2.75) is 61.1 Å². The first-order chi connectivity index (χ1) is 9.21. The van der Waals surface area contributed by atoms with Crippen molar-refractivity contribution in [2.24, 2.45) is 0 Å². The minimum absolute atomic E-state index is 0.330. The van der Waals surface area contributed by atoms with Gasteiger partial charge in [-0.2, -0.15) is 9.64 Å². The molecular formula is C13H20N4S2. The quantitative estimate of drug-likeness (QED) is 0.905. The average Bonchev–Trinajstić information content (AvgIpc) is 2.87. The van der Waals surface area contributed by atoms with Gasteiger partial charge in [0, 0.05) is 11.7 Å². The lowest BCUT2D eigenvalue weighted by Crippen LogP contribution is -2.48. The van der Waals surface area contributed by atoms with Gasteiger partial charge in [-0.3, -0.25) is 5.32 Å². The van der Waals surface area contributed by atoms with E-state index in [1.807, 2.05) is 0 Å². The van der Waals surface area contributed by atoms with Gasteiger partial charge in [0.15, 0.2) is 4.34 Å². The highest BCUT2D eigenvalue weighted by Crippen LogP contribution is 2.38. The van der Waals surface area contributed by atoms with Gasteiger partial charge in [-0.05, 0) is 43.8 Å². The van der Waals surface area contributed by atoms with Gasteiger partial charge in [0.1, 0.15) is 11.4 Å². The van der Waals surface area contributed by atoms with Crippen LogP contribution in [0.5, 0.6) is 0 Å². The molecule has 6 heteroatoms. The number of nitriles is 1. The molecule has 2 unspecified atom stereocenters. The Morgan fingerprint density at radius 1 is 1.58 bits per heavy atom. The predicted molar refractivity (Wildman–Crippen MR) is 79.4 cm³/mol. The molecule has 1 fully saturated rings. The zero-order valence-electron chi connectivity index (χ0n) is 11.5. The van der Waals surface area contributed by atoms with Crippen molar-refractivity contribution in [3.05, 3.63) is 5.82 Å². The van der Waals surface area contributed by atoms with Gasteiger partial charge in [-0.25, -0.2) is 4.98 Å². The maximum atomic E-state index is 9.45. The monoisotopic (exact) mass is 296 g/mol. The van der Waals surface area contributed by atoms with E-state index in [1.54, 1.807) is 11.8 Å². The molecule has 2 atom stereocenters. The van der Waals surface area contributed by atoms with Crippen LogP contribution in [-0.4, -0.2) is 26.7 Å². The first-order valence-corrected chi connectivity index (χ1v) is 8.52. The Hall–Kier alpha value is -0.640. The Morgan fingerprint density at radius 3 is 3.05 bits per heavy atom. The highest BCUT2D eigenvalue weighted by atomic mass is 32.2. The molecule has 1 aromatic rings. The highest BCUT2D eigenvalue weighted by molar-refractivity contribution is 8.01. The van der Waals surface area contributed by atoms with Gasteiger partial charge >= 0.3 is 0 Å². The second kappa shape index (κ2) is 6.69. The fourth-order valence-corrected chi connectivity index (χ4v) is 4.82. The molecule has 4 nitrogen and oxygen atoms in total. The Kier molecular flexibility index (Phi) is 5.20. The van der Waals surface area contributed by atoms with Crippen molar-refractivity contribution >= 4 is 23.3 Å². The van der Waals surface area contributed by atoms with Crippen LogP contribution in [0, 0.1) is 11.3 Å². The molecule has 0 amide bonds. The van der Waals surface area contributed by atoms with Crippen molar-refractivity contribution in [3.8, 4) is 6.07 Å². The van der Waals surface area contributed by atoms with Gasteiger partial charge in [0.05, 0.1) is 6.07 Å². The first kappa shape index (κ1) is 14.8. The van der Waals surface area contributed by atoms with Crippen LogP contribution in [0.3, 0.4) is 0 Å². The van der Waals surface area contributed by atoms with E-state index >= 15 is 0 Å². The largest absolute Gasteiger partial charge is 0.300 e. The summed E-state index contributed by atoms with van der Waals surface area (Å²) in [6.07, 6.45) is 5.03. The smallest absolute Gasteiger partial charge is 0.170 e. The van der Waals surface area contributed by atoms with E-state index in [9.17, 15) is 5.26 Å². The molecule has 1 aliphatic carbocycles. The van der Waals surface area contributed by atoms with Gasteiger partial charge in [0.2, 0.25) is 0 Å². The molecule has 0 aliphatic heterocycles. The third-order valence-corrected chi connectivity index (χ3v) is 5.56. The van der Waals surface area contributed by atoms with E-state index in [0.717, 1.165) is 42.4 Å². The summed E-state index contributed by atoms with van der Waals surface area (Å²) < 4.78 is 5.37. The normalized spacial score (nSPS) is 27.1. The molecule has 1 heterocycles. The van der Waals surface area contributed by atoms with Crippen LogP contribution in [0.2, 0.25) is 0 Å². The Morgan fingerprint density at radius 2 is 2.42 bits per heavy atom. The second-order valence-corrected chi connectivity index (χ2v) is 7.19. The summed E-state index contributed by atoms with van der Waals surface area (Å²) in [4.78, 5) is 4.51. The van der Waals surface area contributed by atoms with Crippen LogP contribution in [0.15, 0.2) is 4.34 Å². The van der Waals surface area contributed by atoms with Gasteiger partial charge in [0.25, 0.3) is 0 Å². The summed E-state index contributed by atoms with van der Waals surface area (Å²) >= 11 is 3.29. The van der Waals surface area contributed by atoms with E-state index in [0.29, 0.717) is 5.25 Å². The Labute approximate surface area is 123 Å². The zero-order valence-corrected chi connectivity index (χ0v) is 13.1. The third-order valence-electron chi connectivity index (χ3n) is 3.47. The molecule has 0 spiro atoms. The van der Waals surface area contributed by atoms with Crippen LogP contribution in [-0.2, 0) is 6.42 Å². The number of thioether (sulfide) groups is 1. The summed E-state index contributed by atoms with van der Waals surface area (Å²) in [6.45, 7) is 4.99. The van der Waals surface area contributed by atoms with E-state index < -0.39 is 0 Å². The Bertz CT molecular complexity index is 450. The molecule has 1 saturated carbocycles. The molecule has 0 saturated heterocycles. The Balaban J connectivity index is 1.99. The minimum atomic E-state index is -0.330. The fraction of sp³-hybridized carbons (Fsp3) is 0.769. The minimum Gasteiger partial charge on any atom is -0.300 e. The number of aromatic nitrogens is 2. The lowest BCUT2D eigenvalue weighted by molar-refractivity contribution is 0.309. The maximum Gasteiger partial charge on any atom is 0.170 e. The number of nitrogens with one attached hydrogen (secondary N) is 1. The third kappa shape index (κ3) is 3.68. The van der Waals surface area contributed by atoms with Crippen molar-refractivity contribution in [1.29, 1.82) is 5.26 Å². The molecule has 1 aromatic heterocycles. The summed E-state index contributed by atoms with van der Waals surface area (Å²) in [5.41, 5.74) is -0.330. The predicted octanol–water partition coefficient (Wildman–Crippen LogP) is 3.01. The standard InChI is InChI=1S/C13H20N4S2/c1-3-11-16-12(19-17-11)18-10-6-5-7-13(8-10,9-14)15-4-2/h10,15H,3-8H2,1-2H3. The van der Waals surface area contributed by atoms with Gasteiger partial charge < -0.3 is 0 Å². The number of nitrogens with zero attached hydrogens (tertiary/aromatic N) is 3.